The first-order valence-electron chi connectivity index (χ1n) is 3.81. The van der Waals surface area contributed by atoms with E-state index in [1.807, 2.05) is 0 Å². The van der Waals surface area contributed by atoms with Gasteiger partial charge < -0.3 is 5.11 Å². The lowest BCUT2D eigenvalue weighted by Crippen LogP contribution is -2.24. The van der Waals surface area contributed by atoms with Gasteiger partial charge in [-0.15, -0.1) is 0 Å². The number of aromatic hydroxyl groups is 1. The predicted molar refractivity (Wildman–Crippen MR) is 45.0 cm³/mol. The number of hydrogen-bond acceptors (Lipinski definition) is 4. The number of rotatable bonds is 3. The third-order valence-electron chi connectivity index (χ3n) is 1.31. The smallest absolute Gasteiger partial charge is 0.297 e. The van der Waals surface area contributed by atoms with Crippen molar-refractivity contribution in [2.75, 3.05) is 6.61 Å². The third-order valence-corrected chi connectivity index (χ3v) is 1.31. The van der Waals surface area contributed by atoms with Crippen LogP contribution in [0.15, 0.2) is 18.3 Å². The Labute approximate surface area is 75.3 Å². The highest BCUT2D eigenvalue weighted by Crippen LogP contribution is 2.11. The Morgan fingerprint density at radius 1 is 1.77 bits per heavy atom. The Bertz CT molecular complexity index is 301. The second-order valence-corrected chi connectivity index (χ2v) is 2.24. The molecule has 0 aromatic carbocycles. The van der Waals surface area contributed by atoms with Crippen LogP contribution in [-0.4, -0.2) is 22.6 Å². The summed E-state index contributed by atoms with van der Waals surface area (Å²) < 4.78 is 0. The zero-order valence-electron chi connectivity index (χ0n) is 7.15. The average molecular weight is 182 g/mol. The van der Waals surface area contributed by atoms with Gasteiger partial charge in [-0.25, -0.2) is 10.5 Å². The lowest BCUT2D eigenvalue weighted by atomic mass is 10.3. The zero-order valence-corrected chi connectivity index (χ0v) is 7.15. The average Bonchev–Trinajstić information content (AvgIpc) is 2.15. The van der Waals surface area contributed by atoms with Crippen molar-refractivity contribution in [2.24, 2.45) is 0 Å². The summed E-state index contributed by atoms with van der Waals surface area (Å²) in [7, 11) is 0. The van der Waals surface area contributed by atoms with Crippen molar-refractivity contribution in [3.05, 3.63) is 24.0 Å². The molecule has 2 N–H and O–H groups in total. The Morgan fingerprint density at radius 2 is 2.54 bits per heavy atom. The molecule has 0 saturated carbocycles. The zero-order chi connectivity index (χ0) is 9.68. The minimum atomic E-state index is -0.556. The molecule has 13 heavy (non-hydrogen) atoms. The van der Waals surface area contributed by atoms with Crippen molar-refractivity contribution < 1.29 is 14.7 Å². The number of carbonyl (C=O) groups excluding carboxylic acids is 1. The molecule has 0 unspecified atom stereocenters. The number of hydrogen-bond donors (Lipinski definition) is 2. The molecule has 0 saturated heterocycles. The molecular weight excluding hydrogens is 172 g/mol. The number of nitrogens with one attached hydrogen (secondary N) is 1. The highest BCUT2D eigenvalue weighted by molar-refractivity contribution is 5.93. The van der Waals surface area contributed by atoms with Gasteiger partial charge in [0.25, 0.3) is 5.91 Å². The summed E-state index contributed by atoms with van der Waals surface area (Å²) in [6.45, 7) is 2.10. The van der Waals surface area contributed by atoms with E-state index in [2.05, 4.69) is 15.3 Å². The molecule has 0 atom stereocenters. The van der Waals surface area contributed by atoms with Gasteiger partial charge in [0.15, 0.2) is 5.69 Å². The van der Waals surface area contributed by atoms with Gasteiger partial charge in [-0.05, 0) is 19.1 Å². The SMILES string of the molecule is CCONC(=O)c1ncccc1O. The molecular formula is C8H10N2O3. The van der Waals surface area contributed by atoms with Crippen molar-refractivity contribution >= 4 is 5.91 Å². The Morgan fingerprint density at radius 3 is 3.15 bits per heavy atom. The summed E-state index contributed by atoms with van der Waals surface area (Å²) >= 11 is 0. The van der Waals surface area contributed by atoms with Gasteiger partial charge >= 0.3 is 0 Å². The fraction of sp³-hybridized carbons (Fsp3) is 0.250. The van der Waals surface area contributed by atoms with Crippen LogP contribution in [0.3, 0.4) is 0 Å². The molecule has 0 spiro atoms. The van der Waals surface area contributed by atoms with Crippen LogP contribution in [-0.2, 0) is 4.84 Å². The molecule has 0 bridgehead atoms. The number of hydroxylamine groups is 1. The van der Waals surface area contributed by atoms with Gasteiger partial charge in [-0.2, -0.15) is 0 Å². The first-order chi connectivity index (χ1) is 6.25. The van der Waals surface area contributed by atoms with Gasteiger partial charge in [0.1, 0.15) is 5.75 Å². The van der Waals surface area contributed by atoms with Crippen LogP contribution in [0.5, 0.6) is 5.75 Å². The number of carbonyl (C=O) groups is 1. The summed E-state index contributed by atoms with van der Waals surface area (Å²) in [5, 5.41) is 9.20. The van der Waals surface area contributed by atoms with Crippen molar-refractivity contribution in [1.29, 1.82) is 0 Å². The predicted octanol–water partition coefficient (Wildman–Crippen LogP) is 0.468. The van der Waals surface area contributed by atoms with Crippen molar-refractivity contribution in [2.45, 2.75) is 6.92 Å². The van der Waals surface area contributed by atoms with E-state index in [0.717, 1.165) is 0 Å². The lowest BCUT2D eigenvalue weighted by Gasteiger charge is -2.03. The normalized spacial score (nSPS) is 9.62. The van der Waals surface area contributed by atoms with E-state index in [-0.39, 0.29) is 11.4 Å². The molecule has 1 heterocycles. The standard InChI is InChI=1S/C8H10N2O3/c1-2-13-10-8(12)7-6(11)4-3-5-9-7/h3-5,11H,2H2,1H3,(H,10,12). The summed E-state index contributed by atoms with van der Waals surface area (Å²) in [6.07, 6.45) is 1.42. The van der Waals surface area contributed by atoms with Crippen LogP contribution in [0.4, 0.5) is 0 Å². The maximum Gasteiger partial charge on any atom is 0.297 e. The van der Waals surface area contributed by atoms with Crippen LogP contribution in [0.25, 0.3) is 0 Å². The molecule has 1 rings (SSSR count). The van der Waals surface area contributed by atoms with Crippen LogP contribution in [0, 0.1) is 0 Å². The summed E-state index contributed by atoms with van der Waals surface area (Å²) in [5.41, 5.74) is 2.08. The van der Waals surface area contributed by atoms with Gasteiger partial charge in [0, 0.05) is 6.20 Å². The van der Waals surface area contributed by atoms with Crippen molar-refractivity contribution in [3.63, 3.8) is 0 Å². The Hall–Kier alpha value is -1.62. The van der Waals surface area contributed by atoms with Crippen LogP contribution in [0.2, 0.25) is 0 Å². The lowest BCUT2D eigenvalue weighted by molar-refractivity contribution is 0.0357. The minimum absolute atomic E-state index is 0.0454. The van der Waals surface area contributed by atoms with E-state index in [4.69, 9.17) is 0 Å². The molecule has 70 valence electrons. The molecule has 1 aromatic rings. The van der Waals surface area contributed by atoms with E-state index in [0.29, 0.717) is 6.61 Å². The second kappa shape index (κ2) is 4.42. The largest absolute Gasteiger partial charge is 0.505 e. The molecule has 5 heteroatoms. The summed E-state index contributed by atoms with van der Waals surface area (Å²) in [4.78, 5) is 19.5. The number of aromatic nitrogens is 1. The fourth-order valence-corrected chi connectivity index (χ4v) is 0.758. The van der Waals surface area contributed by atoms with Crippen LogP contribution >= 0.6 is 0 Å². The molecule has 5 nitrogen and oxygen atoms in total. The second-order valence-electron chi connectivity index (χ2n) is 2.24. The number of pyridine rings is 1. The third kappa shape index (κ3) is 2.41. The topological polar surface area (TPSA) is 71.5 Å². The van der Waals surface area contributed by atoms with E-state index < -0.39 is 5.91 Å². The molecule has 0 aliphatic rings. The van der Waals surface area contributed by atoms with Crippen LogP contribution < -0.4 is 5.48 Å². The summed E-state index contributed by atoms with van der Waals surface area (Å²) in [5.74, 6) is -0.723. The maximum absolute atomic E-state index is 11.2. The monoisotopic (exact) mass is 182 g/mol. The first-order valence-corrected chi connectivity index (χ1v) is 3.81. The molecule has 0 aliphatic heterocycles. The highest BCUT2D eigenvalue weighted by Gasteiger charge is 2.10. The Balaban J connectivity index is 2.71. The molecule has 1 aromatic heterocycles. The van der Waals surface area contributed by atoms with Gasteiger partial charge in [-0.3, -0.25) is 9.63 Å². The van der Waals surface area contributed by atoms with Gasteiger partial charge in [0.05, 0.1) is 6.61 Å². The fourth-order valence-electron chi connectivity index (χ4n) is 0.758. The molecule has 0 radical (unpaired) electrons. The van der Waals surface area contributed by atoms with Gasteiger partial charge in [0.2, 0.25) is 0 Å². The minimum Gasteiger partial charge on any atom is -0.505 e. The number of nitrogens with zero attached hydrogens (tertiary/aromatic N) is 1. The highest BCUT2D eigenvalue weighted by atomic mass is 16.6. The quantitative estimate of drug-likeness (QED) is 0.666. The maximum atomic E-state index is 11.2. The molecule has 1 amide bonds. The summed E-state index contributed by atoms with van der Waals surface area (Å²) in [6, 6.07) is 2.92. The van der Waals surface area contributed by atoms with E-state index in [1.54, 1.807) is 6.92 Å². The van der Waals surface area contributed by atoms with Gasteiger partial charge in [-0.1, -0.05) is 0 Å². The Kier molecular flexibility index (Phi) is 3.22. The molecule has 0 aliphatic carbocycles. The molecule has 0 fully saturated rings. The van der Waals surface area contributed by atoms with Crippen molar-refractivity contribution in [1.82, 2.24) is 10.5 Å². The number of amides is 1. The van der Waals surface area contributed by atoms with E-state index in [9.17, 15) is 9.90 Å². The van der Waals surface area contributed by atoms with Crippen molar-refractivity contribution in [3.8, 4) is 5.75 Å². The van der Waals surface area contributed by atoms with E-state index >= 15 is 0 Å². The first kappa shape index (κ1) is 9.47. The van der Waals surface area contributed by atoms with Crippen LogP contribution in [0.1, 0.15) is 17.4 Å². The van der Waals surface area contributed by atoms with E-state index in [1.165, 1.54) is 18.3 Å².